The zero-order valence-electron chi connectivity index (χ0n) is 7.28. The summed E-state index contributed by atoms with van der Waals surface area (Å²) >= 11 is 1.43. The van der Waals surface area contributed by atoms with Gasteiger partial charge in [0, 0.05) is 0 Å². The quantitative estimate of drug-likeness (QED) is 0.793. The number of hydrogen-bond donors (Lipinski definition) is 1. The van der Waals surface area contributed by atoms with Crippen molar-refractivity contribution in [3.05, 3.63) is 10.0 Å². The first-order chi connectivity index (χ1) is 6.19. The molecule has 5 heteroatoms. The Kier molecular flexibility index (Phi) is 1.83. The topological polar surface area (TPSA) is 63.1 Å². The number of nitrogens with zero attached hydrogens (tertiary/aromatic N) is 2. The number of carboxylic acid groups (broad SMARTS) is 1. The molecule has 4 nitrogen and oxygen atoms in total. The molecule has 0 saturated heterocycles. The van der Waals surface area contributed by atoms with Crippen molar-refractivity contribution < 1.29 is 9.90 Å². The fourth-order valence-electron chi connectivity index (χ4n) is 1.23. The molecule has 0 aromatic carbocycles. The highest BCUT2D eigenvalue weighted by Gasteiger charge is 2.54. The molecule has 1 aliphatic carbocycles. The van der Waals surface area contributed by atoms with Crippen molar-refractivity contribution >= 4 is 17.3 Å². The molecular weight excluding hydrogens is 188 g/mol. The fourth-order valence-corrected chi connectivity index (χ4v) is 2.25. The zero-order valence-corrected chi connectivity index (χ0v) is 8.10. The molecule has 2 rings (SSSR count). The van der Waals surface area contributed by atoms with Crippen LogP contribution >= 0.6 is 11.3 Å². The van der Waals surface area contributed by atoms with E-state index in [9.17, 15) is 4.79 Å². The minimum Gasteiger partial charge on any atom is -0.481 e. The summed E-state index contributed by atoms with van der Waals surface area (Å²) in [6.45, 7) is 1.99. The monoisotopic (exact) mass is 198 g/mol. The van der Waals surface area contributed by atoms with Gasteiger partial charge in [0.1, 0.15) is 15.4 Å². The Morgan fingerprint density at radius 1 is 1.62 bits per heavy atom. The summed E-state index contributed by atoms with van der Waals surface area (Å²) in [6, 6.07) is 0. The molecule has 0 radical (unpaired) electrons. The summed E-state index contributed by atoms with van der Waals surface area (Å²) < 4.78 is 0. The maximum Gasteiger partial charge on any atom is 0.316 e. The molecule has 1 aromatic heterocycles. The van der Waals surface area contributed by atoms with Crippen LogP contribution in [0.2, 0.25) is 0 Å². The van der Waals surface area contributed by atoms with Crippen LogP contribution in [-0.4, -0.2) is 21.3 Å². The average Bonchev–Trinajstić information content (AvgIpc) is 2.79. The van der Waals surface area contributed by atoms with Crippen LogP contribution in [0.25, 0.3) is 0 Å². The second kappa shape index (κ2) is 2.77. The molecule has 70 valence electrons. The molecule has 0 unspecified atom stereocenters. The summed E-state index contributed by atoms with van der Waals surface area (Å²) in [4.78, 5) is 10.9. The van der Waals surface area contributed by atoms with Crippen LogP contribution in [-0.2, 0) is 16.6 Å². The van der Waals surface area contributed by atoms with E-state index in [4.69, 9.17) is 5.11 Å². The lowest BCUT2D eigenvalue weighted by atomic mass is 10.1. The molecule has 1 aliphatic rings. The van der Waals surface area contributed by atoms with E-state index in [1.54, 1.807) is 0 Å². The molecule has 1 heterocycles. The van der Waals surface area contributed by atoms with Gasteiger partial charge in [-0.2, -0.15) is 0 Å². The number of hydrogen-bond acceptors (Lipinski definition) is 4. The fraction of sp³-hybridized carbons (Fsp3) is 0.625. The van der Waals surface area contributed by atoms with Gasteiger partial charge in [0.05, 0.1) is 0 Å². The third-order valence-electron chi connectivity index (χ3n) is 2.34. The van der Waals surface area contributed by atoms with Gasteiger partial charge in [-0.25, -0.2) is 0 Å². The van der Waals surface area contributed by atoms with Crippen LogP contribution in [0.4, 0.5) is 0 Å². The minimum atomic E-state index is -0.758. The Hall–Kier alpha value is -0.970. The molecule has 0 aliphatic heterocycles. The van der Waals surface area contributed by atoms with Gasteiger partial charge in [0.15, 0.2) is 0 Å². The van der Waals surface area contributed by atoms with Crippen molar-refractivity contribution in [3.8, 4) is 0 Å². The van der Waals surface area contributed by atoms with Crippen molar-refractivity contribution in [3.63, 3.8) is 0 Å². The molecule has 0 spiro atoms. The van der Waals surface area contributed by atoms with E-state index < -0.39 is 11.4 Å². The van der Waals surface area contributed by atoms with Gasteiger partial charge in [-0.1, -0.05) is 6.92 Å². The largest absolute Gasteiger partial charge is 0.481 e. The van der Waals surface area contributed by atoms with E-state index in [1.165, 1.54) is 11.3 Å². The predicted molar refractivity (Wildman–Crippen MR) is 47.8 cm³/mol. The van der Waals surface area contributed by atoms with Gasteiger partial charge in [0.2, 0.25) is 0 Å². The van der Waals surface area contributed by atoms with Gasteiger partial charge in [-0.15, -0.1) is 21.5 Å². The smallest absolute Gasteiger partial charge is 0.316 e. The number of rotatable bonds is 3. The SMILES string of the molecule is CCc1nnc(C2(C(=O)O)CC2)s1. The van der Waals surface area contributed by atoms with Gasteiger partial charge >= 0.3 is 5.97 Å². The lowest BCUT2D eigenvalue weighted by molar-refractivity contribution is -0.140. The lowest BCUT2D eigenvalue weighted by Gasteiger charge is -2.02. The summed E-state index contributed by atoms with van der Waals surface area (Å²) in [5.41, 5.74) is -0.676. The molecule has 13 heavy (non-hydrogen) atoms. The molecule has 0 amide bonds. The second-order valence-electron chi connectivity index (χ2n) is 3.24. The van der Waals surface area contributed by atoms with Crippen LogP contribution in [0.1, 0.15) is 29.8 Å². The number of aliphatic carboxylic acids is 1. The molecule has 1 N–H and O–H groups in total. The highest BCUT2D eigenvalue weighted by molar-refractivity contribution is 7.11. The third kappa shape index (κ3) is 1.23. The molecule has 1 fully saturated rings. The van der Waals surface area contributed by atoms with Crippen molar-refractivity contribution in [2.45, 2.75) is 31.6 Å². The van der Waals surface area contributed by atoms with Crippen molar-refractivity contribution in [2.24, 2.45) is 0 Å². The number of aromatic nitrogens is 2. The Morgan fingerprint density at radius 3 is 2.69 bits per heavy atom. The Balaban J connectivity index is 2.30. The first-order valence-electron chi connectivity index (χ1n) is 4.25. The average molecular weight is 198 g/mol. The van der Waals surface area contributed by atoms with Gasteiger partial charge in [-0.05, 0) is 19.3 Å². The van der Waals surface area contributed by atoms with Crippen molar-refractivity contribution in [1.82, 2.24) is 10.2 Å². The van der Waals surface area contributed by atoms with Crippen LogP contribution in [0, 0.1) is 0 Å². The van der Waals surface area contributed by atoms with E-state index in [1.807, 2.05) is 6.92 Å². The van der Waals surface area contributed by atoms with Crippen LogP contribution < -0.4 is 0 Å². The minimum absolute atomic E-state index is 0.676. The van der Waals surface area contributed by atoms with Crippen LogP contribution in [0.5, 0.6) is 0 Å². The summed E-state index contributed by atoms with van der Waals surface area (Å²) in [7, 11) is 0. The van der Waals surface area contributed by atoms with E-state index in [2.05, 4.69) is 10.2 Å². The Bertz CT molecular complexity index is 344. The van der Waals surface area contributed by atoms with Gasteiger partial charge in [-0.3, -0.25) is 4.79 Å². The van der Waals surface area contributed by atoms with Gasteiger partial charge in [0.25, 0.3) is 0 Å². The van der Waals surface area contributed by atoms with Crippen LogP contribution in [0.3, 0.4) is 0 Å². The summed E-state index contributed by atoms with van der Waals surface area (Å²) in [5, 5.41) is 18.4. The maximum absolute atomic E-state index is 10.9. The zero-order chi connectivity index (χ0) is 9.47. The maximum atomic E-state index is 10.9. The summed E-state index contributed by atoms with van der Waals surface area (Å²) in [5.74, 6) is -0.758. The number of carbonyl (C=O) groups is 1. The number of aryl methyl sites for hydroxylation is 1. The van der Waals surface area contributed by atoms with E-state index in [0.29, 0.717) is 17.8 Å². The highest BCUT2D eigenvalue weighted by Crippen LogP contribution is 2.49. The standard InChI is InChI=1S/C8H10N2O2S/c1-2-5-9-10-6(13-5)8(3-4-8)7(11)12/h2-4H2,1H3,(H,11,12). The predicted octanol–water partition coefficient (Wildman–Crippen LogP) is 1.22. The highest BCUT2D eigenvalue weighted by atomic mass is 32.1. The van der Waals surface area contributed by atoms with Crippen molar-refractivity contribution in [1.29, 1.82) is 0 Å². The molecule has 0 atom stereocenters. The van der Waals surface area contributed by atoms with Crippen LogP contribution in [0.15, 0.2) is 0 Å². The summed E-state index contributed by atoms with van der Waals surface area (Å²) in [6.07, 6.45) is 2.24. The Morgan fingerprint density at radius 2 is 2.31 bits per heavy atom. The second-order valence-corrected chi connectivity index (χ2v) is 4.30. The molecule has 1 aromatic rings. The first-order valence-corrected chi connectivity index (χ1v) is 5.07. The molecular formula is C8H10N2O2S. The van der Waals surface area contributed by atoms with E-state index in [-0.39, 0.29) is 0 Å². The molecule has 1 saturated carbocycles. The van der Waals surface area contributed by atoms with Crippen molar-refractivity contribution in [2.75, 3.05) is 0 Å². The van der Waals surface area contributed by atoms with Gasteiger partial charge < -0.3 is 5.11 Å². The first kappa shape index (κ1) is 8.62. The molecule has 0 bridgehead atoms. The number of carboxylic acids is 1. The van der Waals surface area contributed by atoms with E-state index >= 15 is 0 Å². The van der Waals surface area contributed by atoms with E-state index in [0.717, 1.165) is 11.4 Å². The lowest BCUT2D eigenvalue weighted by Crippen LogP contribution is -2.19. The Labute approximate surface area is 79.6 Å². The normalized spacial score (nSPS) is 18.5. The third-order valence-corrected chi connectivity index (χ3v) is 3.61.